The number of carbonyl (C=O) groups excluding carboxylic acids is 3. The van der Waals surface area contributed by atoms with Crippen molar-refractivity contribution in [2.45, 2.75) is 45.1 Å². The van der Waals surface area contributed by atoms with Crippen LogP contribution in [0.3, 0.4) is 0 Å². The third-order valence-corrected chi connectivity index (χ3v) is 7.64. The Bertz CT molecular complexity index is 1110. The Labute approximate surface area is 194 Å². The molecule has 1 amide bonds. The van der Waals surface area contributed by atoms with Crippen LogP contribution in [0.25, 0.3) is 20.5 Å². The Morgan fingerprint density at radius 2 is 1.94 bits per heavy atom. The van der Waals surface area contributed by atoms with Gasteiger partial charge in [-0.3, -0.25) is 4.79 Å². The monoisotopic (exact) mass is 475 g/mol. The minimum Gasteiger partial charge on any atom is -0.479 e. The van der Waals surface area contributed by atoms with E-state index in [1.54, 1.807) is 6.92 Å². The summed E-state index contributed by atoms with van der Waals surface area (Å²) in [6.07, 6.45) is 5.60. The summed E-state index contributed by atoms with van der Waals surface area (Å²) in [7, 11) is 1.31. The number of esters is 2. The van der Waals surface area contributed by atoms with Crippen molar-refractivity contribution in [3.05, 3.63) is 28.0 Å². The standard InChI is InChI=1S/C23H25NO6S2/c1-3-29-17(25)11-30-19-18-16(32-21(19)23(27)28-2)10-13-9-14(12-31-20(13)18)22(26)24-15-7-5-4-6-8-15/h9-10,12,15H,3-8,11H2,1-2H3,(H,24,26). The molecule has 0 saturated heterocycles. The van der Waals surface area contributed by atoms with Crippen LogP contribution in [0.15, 0.2) is 17.5 Å². The maximum Gasteiger partial charge on any atom is 0.351 e. The fraction of sp³-hybridized carbons (Fsp3) is 0.435. The summed E-state index contributed by atoms with van der Waals surface area (Å²) in [5.74, 6) is -0.778. The quantitative estimate of drug-likeness (QED) is 0.491. The number of amides is 1. The minimum absolute atomic E-state index is 0.0614. The Balaban J connectivity index is 1.65. The second kappa shape index (κ2) is 9.87. The molecule has 1 aromatic heterocycles. The Morgan fingerprint density at radius 3 is 2.66 bits per heavy atom. The molecule has 0 aromatic carbocycles. The van der Waals surface area contributed by atoms with E-state index in [2.05, 4.69) is 5.32 Å². The number of ether oxygens (including phenoxy) is 3. The molecule has 0 unspecified atom stereocenters. The van der Waals surface area contributed by atoms with E-state index in [4.69, 9.17) is 14.2 Å². The normalized spacial score (nSPS) is 14.4. The molecule has 32 heavy (non-hydrogen) atoms. The van der Waals surface area contributed by atoms with E-state index < -0.39 is 11.9 Å². The molecule has 1 N–H and O–H groups in total. The first-order chi connectivity index (χ1) is 15.5. The molecular formula is C23H25NO6S2. The van der Waals surface area contributed by atoms with Crippen LogP contribution in [0.1, 0.15) is 59.1 Å². The minimum atomic E-state index is -0.522. The average Bonchev–Trinajstić information content (AvgIpc) is 3.33. The molecule has 1 aromatic rings. The highest BCUT2D eigenvalue weighted by molar-refractivity contribution is 7.22. The lowest BCUT2D eigenvalue weighted by molar-refractivity contribution is -0.145. The third-order valence-electron chi connectivity index (χ3n) is 5.50. The zero-order valence-electron chi connectivity index (χ0n) is 18.0. The van der Waals surface area contributed by atoms with Crippen molar-refractivity contribution in [1.82, 2.24) is 5.32 Å². The average molecular weight is 476 g/mol. The molecule has 1 fully saturated rings. The van der Waals surface area contributed by atoms with Gasteiger partial charge in [-0.05, 0) is 37.5 Å². The first kappa shape index (κ1) is 22.5. The maximum absolute atomic E-state index is 12.8. The SMILES string of the molecule is CCOC(=O)COc1c(C(=O)OC)sc2cc3cc(C(=O)NC4CCCCC4)csc-3c12. The second-order valence-corrected chi connectivity index (χ2v) is 9.59. The molecule has 0 bridgehead atoms. The first-order valence-electron chi connectivity index (χ1n) is 10.7. The summed E-state index contributed by atoms with van der Waals surface area (Å²) >= 11 is 2.66. The topological polar surface area (TPSA) is 90.9 Å². The van der Waals surface area contributed by atoms with E-state index in [1.807, 2.05) is 17.5 Å². The van der Waals surface area contributed by atoms with Gasteiger partial charge < -0.3 is 19.5 Å². The summed E-state index contributed by atoms with van der Waals surface area (Å²) in [5, 5.41) is 5.72. The van der Waals surface area contributed by atoms with Gasteiger partial charge in [0, 0.05) is 26.6 Å². The second-order valence-electron chi connectivity index (χ2n) is 7.66. The Kier molecular flexibility index (Phi) is 6.95. The predicted octanol–water partition coefficient (Wildman–Crippen LogP) is 4.86. The summed E-state index contributed by atoms with van der Waals surface area (Å²) in [6, 6.07) is 4.04. The van der Waals surface area contributed by atoms with Crippen LogP contribution in [-0.4, -0.2) is 44.2 Å². The highest BCUT2D eigenvalue weighted by Crippen LogP contribution is 2.49. The van der Waals surface area contributed by atoms with E-state index >= 15 is 0 Å². The van der Waals surface area contributed by atoms with Crippen molar-refractivity contribution in [1.29, 1.82) is 0 Å². The smallest absolute Gasteiger partial charge is 0.351 e. The fourth-order valence-corrected chi connectivity index (χ4v) is 6.17. The van der Waals surface area contributed by atoms with Crippen LogP contribution >= 0.6 is 22.7 Å². The number of carbonyl (C=O) groups is 3. The molecule has 0 radical (unpaired) electrons. The lowest BCUT2D eigenvalue weighted by Crippen LogP contribution is -2.36. The van der Waals surface area contributed by atoms with Crippen molar-refractivity contribution in [3.63, 3.8) is 0 Å². The molecule has 3 aliphatic rings. The number of rotatable bonds is 7. The van der Waals surface area contributed by atoms with Crippen LogP contribution in [0.2, 0.25) is 0 Å². The highest BCUT2D eigenvalue weighted by atomic mass is 32.1. The van der Waals surface area contributed by atoms with Crippen LogP contribution in [-0.2, 0) is 14.3 Å². The Morgan fingerprint density at radius 1 is 1.16 bits per heavy atom. The number of hydrogen-bond acceptors (Lipinski definition) is 8. The van der Waals surface area contributed by atoms with Crippen molar-refractivity contribution in [3.8, 4) is 16.2 Å². The number of hydrogen-bond donors (Lipinski definition) is 1. The zero-order valence-corrected chi connectivity index (χ0v) is 19.7. The van der Waals surface area contributed by atoms with Crippen LogP contribution in [0, 0.1) is 0 Å². The molecule has 0 atom stereocenters. The number of nitrogens with one attached hydrogen (secondary N) is 1. The van der Waals surface area contributed by atoms with Crippen molar-refractivity contribution < 1.29 is 28.6 Å². The lowest BCUT2D eigenvalue weighted by atomic mass is 9.95. The summed E-state index contributed by atoms with van der Waals surface area (Å²) in [5.41, 5.74) is 1.51. The van der Waals surface area contributed by atoms with Crippen molar-refractivity contribution >= 4 is 50.6 Å². The van der Waals surface area contributed by atoms with E-state index in [9.17, 15) is 14.4 Å². The van der Waals surface area contributed by atoms with Crippen LogP contribution in [0.5, 0.6) is 5.75 Å². The van der Waals surface area contributed by atoms with Gasteiger partial charge in [0.15, 0.2) is 17.2 Å². The molecule has 1 saturated carbocycles. The van der Waals surface area contributed by atoms with Gasteiger partial charge in [-0.1, -0.05) is 19.3 Å². The van der Waals surface area contributed by atoms with Gasteiger partial charge in [0.2, 0.25) is 0 Å². The van der Waals surface area contributed by atoms with Gasteiger partial charge >= 0.3 is 11.9 Å². The van der Waals surface area contributed by atoms with E-state index in [-0.39, 0.29) is 25.2 Å². The van der Waals surface area contributed by atoms with Gasteiger partial charge in [0.1, 0.15) is 0 Å². The largest absolute Gasteiger partial charge is 0.479 e. The number of thiophene rings is 1. The fourth-order valence-electron chi connectivity index (χ4n) is 3.99. The summed E-state index contributed by atoms with van der Waals surface area (Å²) < 4.78 is 16.4. The van der Waals surface area contributed by atoms with E-state index in [0.29, 0.717) is 16.2 Å². The van der Waals surface area contributed by atoms with Gasteiger partial charge in [-0.2, -0.15) is 0 Å². The molecule has 7 nitrogen and oxygen atoms in total. The molecule has 2 aliphatic carbocycles. The van der Waals surface area contributed by atoms with E-state index in [0.717, 1.165) is 46.2 Å². The zero-order chi connectivity index (χ0) is 22.7. The summed E-state index contributed by atoms with van der Waals surface area (Å²) in [6.45, 7) is 1.66. The van der Waals surface area contributed by atoms with Crippen LogP contribution < -0.4 is 10.1 Å². The molecule has 1 aliphatic heterocycles. The van der Waals surface area contributed by atoms with Gasteiger partial charge in [-0.15, -0.1) is 22.7 Å². The number of fused-ring (bicyclic) bond motifs is 3. The van der Waals surface area contributed by atoms with Crippen LogP contribution in [0.4, 0.5) is 0 Å². The molecule has 170 valence electrons. The maximum atomic E-state index is 12.8. The van der Waals surface area contributed by atoms with Gasteiger partial charge in [0.25, 0.3) is 5.91 Å². The van der Waals surface area contributed by atoms with Crippen molar-refractivity contribution in [2.24, 2.45) is 0 Å². The first-order valence-corrected chi connectivity index (χ1v) is 12.4. The molecular weight excluding hydrogens is 450 g/mol. The number of methoxy groups -OCH3 is 1. The van der Waals surface area contributed by atoms with Crippen molar-refractivity contribution in [2.75, 3.05) is 20.3 Å². The Hall–Kier alpha value is -2.65. The molecule has 0 spiro atoms. The molecule has 9 heteroatoms. The lowest BCUT2D eigenvalue weighted by Gasteiger charge is -2.22. The molecule has 4 rings (SSSR count). The summed E-state index contributed by atoms with van der Waals surface area (Å²) in [4.78, 5) is 38.0. The van der Waals surface area contributed by atoms with E-state index in [1.165, 1.54) is 36.2 Å². The predicted molar refractivity (Wildman–Crippen MR) is 124 cm³/mol. The highest BCUT2D eigenvalue weighted by Gasteiger charge is 2.27. The van der Waals surface area contributed by atoms with Gasteiger partial charge in [-0.25, -0.2) is 9.59 Å². The van der Waals surface area contributed by atoms with Gasteiger partial charge in [0.05, 0.1) is 19.1 Å². The molecule has 2 heterocycles. The third kappa shape index (κ3) is 4.59.